The molecule has 1 aliphatic carbocycles. The molecule has 0 aromatic heterocycles. The van der Waals surface area contributed by atoms with E-state index in [1.165, 1.54) is 55.4 Å². The first-order chi connectivity index (χ1) is 29.4. The molecule has 0 saturated heterocycles. The quantitative estimate of drug-likeness (QED) is 0.135. The van der Waals surface area contributed by atoms with E-state index in [0.29, 0.717) is 0 Å². The Morgan fingerprint density at radius 3 is 1.30 bits per heavy atom. The Kier molecular flexibility index (Phi) is 9.47. The highest BCUT2D eigenvalue weighted by Gasteiger charge is 2.25. The molecule has 288 valence electrons. The van der Waals surface area contributed by atoms with Crippen LogP contribution in [0.25, 0.3) is 56.3 Å². The fraction of sp³-hybridized carbons (Fsp3) is 0.0690. The van der Waals surface area contributed by atoms with Gasteiger partial charge in [-0.25, -0.2) is 0 Å². The highest BCUT2D eigenvalue weighted by atomic mass is 15.1. The zero-order chi connectivity index (χ0) is 40.6. The van der Waals surface area contributed by atoms with Crippen LogP contribution in [0.5, 0.6) is 0 Å². The van der Waals surface area contributed by atoms with E-state index in [-0.39, 0.29) is 5.41 Å². The third kappa shape index (κ3) is 6.97. The lowest BCUT2D eigenvalue weighted by atomic mass is 9.87. The van der Waals surface area contributed by atoms with Crippen molar-refractivity contribution in [1.29, 1.82) is 0 Å². The Morgan fingerprint density at radius 2 is 0.750 bits per heavy atom. The van der Waals surface area contributed by atoms with Gasteiger partial charge in [-0.1, -0.05) is 179 Å². The van der Waals surface area contributed by atoms with Crippen molar-refractivity contribution in [2.45, 2.75) is 26.2 Å². The number of benzene rings is 9. The van der Waals surface area contributed by atoms with Crippen LogP contribution in [-0.4, -0.2) is 0 Å². The zero-order valence-electron chi connectivity index (χ0n) is 34.3. The van der Waals surface area contributed by atoms with Gasteiger partial charge in [0.1, 0.15) is 0 Å². The molecule has 0 unspecified atom stereocenters. The van der Waals surface area contributed by atoms with E-state index in [2.05, 4.69) is 255 Å². The smallest absolute Gasteiger partial charge is 0.0540 e. The maximum atomic E-state index is 2.42. The summed E-state index contributed by atoms with van der Waals surface area (Å²) in [6, 6.07) is 77.0. The van der Waals surface area contributed by atoms with Crippen LogP contribution in [0, 0.1) is 0 Å². The molecule has 1 aliphatic rings. The van der Waals surface area contributed by atoms with Crippen LogP contribution in [0.4, 0.5) is 34.1 Å². The van der Waals surface area contributed by atoms with Gasteiger partial charge in [-0.15, -0.1) is 0 Å². The summed E-state index contributed by atoms with van der Waals surface area (Å²) in [6.07, 6.45) is 4.37. The minimum Gasteiger partial charge on any atom is -0.311 e. The summed E-state index contributed by atoms with van der Waals surface area (Å²) in [5.41, 5.74) is 18.2. The van der Waals surface area contributed by atoms with Crippen LogP contribution in [-0.2, 0) is 5.41 Å². The molecule has 0 N–H and O–H groups in total. The van der Waals surface area contributed by atoms with Crippen molar-refractivity contribution in [2.75, 3.05) is 9.80 Å². The third-order valence-electron chi connectivity index (χ3n) is 11.8. The molecular weight excluding hydrogens is 725 g/mol. The van der Waals surface area contributed by atoms with Gasteiger partial charge in [0.25, 0.3) is 0 Å². The number of anilines is 6. The number of hydrogen-bond donors (Lipinski definition) is 0. The molecule has 0 atom stereocenters. The van der Waals surface area contributed by atoms with Crippen molar-refractivity contribution in [3.05, 3.63) is 229 Å². The van der Waals surface area contributed by atoms with Crippen LogP contribution in [0.1, 0.15) is 37.5 Å². The van der Waals surface area contributed by atoms with Gasteiger partial charge in [-0.3, -0.25) is 0 Å². The van der Waals surface area contributed by atoms with E-state index < -0.39 is 0 Å². The minimum absolute atomic E-state index is 0.0731. The fourth-order valence-electron chi connectivity index (χ4n) is 8.64. The van der Waals surface area contributed by atoms with Crippen molar-refractivity contribution >= 4 is 57.0 Å². The standard InChI is InChI=1S/C58H46N2/c1-58(2,3)45-31-37-50(38-32-45)60(56-40-39-54-52-18-11-10-17-51(52)53-19-12-20-55(56)57(53)54)49-35-29-44(30-36-49)43-27-23-41(24-28-43)21-22-42-25-33-48(34-26-42)59(46-13-6-4-7-14-46)47-15-8-5-9-16-47/h4-40H,1-3H3/b22-21+. The van der Waals surface area contributed by atoms with Gasteiger partial charge in [0.2, 0.25) is 0 Å². The van der Waals surface area contributed by atoms with Crippen LogP contribution in [0.2, 0.25) is 0 Å². The van der Waals surface area contributed by atoms with Gasteiger partial charge >= 0.3 is 0 Å². The van der Waals surface area contributed by atoms with Crippen molar-refractivity contribution < 1.29 is 0 Å². The molecular formula is C58H46N2. The molecule has 0 fully saturated rings. The lowest BCUT2D eigenvalue weighted by molar-refractivity contribution is 0.590. The fourth-order valence-corrected chi connectivity index (χ4v) is 8.64. The molecule has 0 spiro atoms. The van der Waals surface area contributed by atoms with Crippen LogP contribution in [0.3, 0.4) is 0 Å². The molecule has 2 heteroatoms. The van der Waals surface area contributed by atoms with Gasteiger partial charge in [0.15, 0.2) is 0 Å². The van der Waals surface area contributed by atoms with E-state index in [0.717, 1.165) is 39.6 Å². The monoisotopic (exact) mass is 770 g/mol. The van der Waals surface area contributed by atoms with Crippen LogP contribution in [0.15, 0.2) is 212 Å². The lowest BCUT2D eigenvalue weighted by Gasteiger charge is -2.28. The minimum atomic E-state index is 0.0731. The second-order valence-corrected chi connectivity index (χ2v) is 16.6. The summed E-state index contributed by atoms with van der Waals surface area (Å²) >= 11 is 0. The Hall–Kier alpha value is -7.42. The first-order valence-corrected chi connectivity index (χ1v) is 20.8. The maximum absolute atomic E-state index is 2.42. The number of para-hydroxylation sites is 2. The number of fused-ring (bicyclic) bond motifs is 3. The van der Waals surface area contributed by atoms with Gasteiger partial charge < -0.3 is 9.80 Å². The highest BCUT2D eigenvalue weighted by molar-refractivity contribution is 6.19. The third-order valence-corrected chi connectivity index (χ3v) is 11.8. The summed E-state index contributed by atoms with van der Waals surface area (Å²) in [5, 5.41) is 2.58. The molecule has 0 heterocycles. The van der Waals surface area contributed by atoms with E-state index in [1.54, 1.807) is 0 Å². The summed E-state index contributed by atoms with van der Waals surface area (Å²) in [4.78, 5) is 4.71. The van der Waals surface area contributed by atoms with E-state index in [9.17, 15) is 0 Å². The summed E-state index contributed by atoms with van der Waals surface area (Å²) in [7, 11) is 0. The summed E-state index contributed by atoms with van der Waals surface area (Å²) in [5.74, 6) is 0. The number of rotatable bonds is 9. The first-order valence-electron chi connectivity index (χ1n) is 20.8. The molecule has 10 rings (SSSR count). The first kappa shape index (κ1) is 36.9. The maximum Gasteiger partial charge on any atom is 0.0540 e. The molecule has 0 saturated carbocycles. The molecule has 60 heavy (non-hydrogen) atoms. The summed E-state index contributed by atoms with van der Waals surface area (Å²) < 4.78 is 0. The van der Waals surface area contributed by atoms with E-state index in [1.807, 2.05) is 0 Å². The van der Waals surface area contributed by atoms with Crippen molar-refractivity contribution in [3.8, 4) is 33.4 Å². The molecule has 0 bridgehead atoms. The number of hydrogen-bond acceptors (Lipinski definition) is 2. The van der Waals surface area contributed by atoms with E-state index in [4.69, 9.17) is 0 Å². The predicted octanol–water partition coefficient (Wildman–Crippen LogP) is 16.6. The van der Waals surface area contributed by atoms with Crippen LogP contribution >= 0.6 is 0 Å². The number of nitrogens with zero attached hydrogens (tertiary/aromatic N) is 2. The second kappa shape index (κ2) is 15.4. The Bertz CT molecular complexity index is 2890. The van der Waals surface area contributed by atoms with Crippen LogP contribution < -0.4 is 9.80 Å². The largest absolute Gasteiger partial charge is 0.311 e. The average Bonchev–Trinajstić information content (AvgIpc) is 3.62. The average molecular weight is 771 g/mol. The second-order valence-electron chi connectivity index (χ2n) is 16.6. The topological polar surface area (TPSA) is 6.48 Å². The van der Waals surface area contributed by atoms with Crippen molar-refractivity contribution in [2.24, 2.45) is 0 Å². The Morgan fingerprint density at radius 1 is 0.333 bits per heavy atom. The van der Waals surface area contributed by atoms with Gasteiger partial charge in [0, 0.05) is 33.8 Å². The molecule has 9 aromatic carbocycles. The molecule has 0 aliphatic heterocycles. The lowest BCUT2D eigenvalue weighted by Crippen LogP contribution is -2.13. The van der Waals surface area contributed by atoms with Crippen molar-refractivity contribution in [3.63, 3.8) is 0 Å². The molecule has 0 amide bonds. The normalized spacial score (nSPS) is 11.8. The molecule has 9 aromatic rings. The van der Waals surface area contributed by atoms with Gasteiger partial charge in [0.05, 0.1) is 5.69 Å². The molecule has 0 radical (unpaired) electrons. The van der Waals surface area contributed by atoms with E-state index >= 15 is 0 Å². The highest BCUT2D eigenvalue weighted by Crippen LogP contribution is 2.51. The van der Waals surface area contributed by atoms with Gasteiger partial charge in [-0.2, -0.15) is 0 Å². The molecule has 2 nitrogen and oxygen atoms in total. The SMILES string of the molecule is CC(C)(C)c1ccc(N(c2ccc(-c3ccc(/C=C/c4ccc(N(c5ccccc5)c5ccccc5)cc4)cc3)cc2)c2ccc3c4c(cccc24)-c2ccccc2-3)cc1. The zero-order valence-corrected chi connectivity index (χ0v) is 34.3. The van der Waals surface area contributed by atoms with Gasteiger partial charge in [-0.05, 0) is 128 Å². The summed E-state index contributed by atoms with van der Waals surface area (Å²) in [6.45, 7) is 6.81. The van der Waals surface area contributed by atoms with Crippen molar-refractivity contribution in [1.82, 2.24) is 0 Å². The Labute approximate surface area is 354 Å². The predicted molar refractivity (Wildman–Crippen MR) is 257 cm³/mol. The Balaban J connectivity index is 0.920.